The fourth-order valence-corrected chi connectivity index (χ4v) is 2.78. The molecule has 0 N–H and O–H groups in total. The van der Waals surface area contributed by atoms with Crippen molar-refractivity contribution in [1.82, 2.24) is 4.90 Å². The Morgan fingerprint density at radius 2 is 2.17 bits per heavy atom. The van der Waals surface area contributed by atoms with Gasteiger partial charge in [0.15, 0.2) is 0 Å². The molecule has 3 rings (SSSR count). The summed E-state index contributed by atoms with van der Waals surface area (Å²) in [5, 5.41) is 0. The van der Waals surface area contributed by atoms with Crippen molar-refractivity contribution in [3.05, 3.63) is 47.8 Å². The van der Waals surface area contributed by atoms with Crippen LogP contribution in [0.5, 0.6) is 0 Å². The summed E-state index contributed by atoms with van der Waals surface area (Å²) in [6.07, 6.45) is 4.08. The largest absolute Gasteiger partial charge is 0.468 e. The smallest absolute Gasteiger partial charge is 0.373 e. The summed E-state index contributed by atoms with van der Waals surface area (Å²) in [5.74, 6) is 1.36. The summed E-state index contributed by atoms with van der Waals surface area (Å²) >= 11 is 0. The highest BCUT2D eigenvalue weighted by Gasteiger charge is 2.21. The van der Waals surface area contributed by atoms with E-state index in [1.165, 1.54) is 7.11 Å². The Kier molecular flexibility index (Phi) is 5.15. The van der Waals surface area contributed by atoms with E-state index in [2.05, 4.69) is 9.64 Å². The Morgan fingerprint density at radius 1 is 1.30 bits per heavy atom. The molecule has 0 spiro atoms. The van der Waals surface area contributed by atoms with Crippen LogP contribution in [0.3, 0.4) is 0 Å². The second-order valence-corrected chi connectivity index (χ2v) is 5.64. The van der Waals surface area contributed by atoms with Crippen LogP contribution in [0.2, 0.25) is 0 Å². The van der Waals surface area contributed by atoms with Crippen LogP contribution in [0.1, 0.15) is 34.9 Å². The van der Waals surface area contributed by atoms with Crippen LogP contribution in [0.25, 0.3) is 0 Å². The van der Waals surface area contributed by atoms with Crippen LogP contribution in [-0.2, 0) is 22.6 Å². The molecule has 23 heavy (non-hydrogen) atoms. The van der Waals surface area contributed by atoms with E-state index in [-0.39, 0.29) is 11.9 Å². The number of carbonyl (C=O) groups is 1. The minimum atomic E-state index is -0.465. The summed E-state index contributed by atoms with van der Waals surface area (Å²) in [5.41, 5.74) is 0. The van der Waals surface area contributed by atoms with Gasteiger partial charge >= 0.3 is 5.97 Å². The maximum Gasteiger partial charge on any atom is 0.373 e. The number of hydrogen-bond acceptors (Lipinski definition) is 6. The van der Waals surface area contributed by atoms with E-state index < -0.39 is 5.97 Å². The van der Waals surface area contributed by atoms with Crippen molar-refractivity contribution in [1.29, 1.82) is 0 Å². The molecule has 2 aromatic rings. The van der Waals surface area contributed by atoms with E-state index in [1.807, 2.05) is 12.1 Å². The Morgan fingerprint density at radius 3 is 2.87 bits per heavy atom. The van der Waals surface area contributed by atoms with Crippen molar-refractivity contribution in [2.45, 2.75) is 32.0 Å². The molecule has 0 bridgehead atoms. The average Bonchev–Trinajstić information content (AvgIpc) is 3.28. The van der Waals surface area contributed by atoms with E-state index in [4.69, 9.17) is 13.6 Å². The number of esters is 1. The second-order valence-electron chi connectivity index (χ2n) is 5.64. The van der Waals surface area contributed by atoms with Crippen LogP contribution < -0.4 is 0 Å². The molecule has 0 amide bonds. The molecule has 1 aliphatic heterocycles. The molecule has 3 heterocycles. The van der Waals surface area contributed by atoms with Crippen molar-refractivity contribution in [3.63, 3.8) is 0 Å². The van der Waals surface area contributed by atoms with Gasteiger partial charge in [-0.1, -0.05) is 0 Å². The van der Waals surface area contributed by atoms with Gasteiger partial charge in [0.2, 0.25) is 5.76 Å². The molecule has 1 aliphatic rings. The number of methoxy groups -OCH3 is 1. The van der Waals surface area contributed by atoms with E-state index in [9.17, 15) is 4.79 Å². The topological polar surface area (TPSA) is 65.0 Å². The van der Waals surface area contributed by atoms with Gasteiger partial charge in [0.25, 0.3) is 0 Å². The normalized spacial score (nSPS) is 17.7. The van der Waals surface area contributed by atoms with E-state index in [0.717, 1.165) is 37.5 Å². The first kappa shape index (κ1) is 15.8. The van der Waals surface area contributed by atoms with Gasteiger partial charge in [0.05, 0.1) is 32.6 Å². The van der Waals surface area contributed by atoms with E-state index >= 15 is 0 Å². The van der Waals surface area contributed by atoms with Crippen LogP contribution in [0, 0.1) is 0 Å². The number of hydrogen-bond donors (Lipinski definition) is 0. The molecule has 2 aromatic heterocycles. The highest BCUT2D eigenvalue weighted by Crippen LogP contribution is 2.18. The van der Waals surface area contributed by atoms with Crippen LogP contribution >= 0.6 is 0 Å². The van der Waals surface area contributed by atoms with Crippen molar-refractivity contribution in [3.8, 4) is 0 Å². The SMILES string of the molecule is COC(=O)c1ccc(CN(Cc2ccco2)CC2CCCO2)o1. The zero-order valence-electron chi connectivity index (χ0n) is 13.2. The van der Waals surface area contributed by atoms with Gasteiger partial charge in [0.1, 0.15) is 11.5 Å². The lowest BCUT2D eigenvalue weighted by Crippen LogP contribution is -2.31. The van der Waals surface area contributed by atoms with Gasteiger partial charge in [-0.25, -0.2) is 4.79 Å². The third kappa shape index (κ3) is 4.24. The maximum absolute atomic E-state index is 11.5. The number of ether oxygens (including phenoxy) is 2. The van der Waals surface area contributed by atoms with Crippen molar-refractivity contribution in [2.75, 3.05) is 20.3 Å². The lowest BCUT2D eigenvalue weighted by molar-refractivity contribution is 0.0543. The predicted octanol–water partition coefficient (Wildman–Crippen LogP) is 2.84. The Hall–Kier alpha value is -2.05. The highest BCUT2D eigenvalue weighted by atomic mass is 16.5. The predicted molar refractivity (Wildman–Crippen MR) is 81.8 cm³/mol. The molecular formula is C17H21NO5. The van der Waals surface area contributed by atoms with Crippen molar-refractivity contribution >= 4 is 5.97 Å². The van der Waals surface area contributed by atoms with Crippen molar-refractivity contribution in [2.24, 2.45) is 0 Å². The summed E-state index contributed by atoms with van der Waals surface area (Å²) in [6, 6.07) is 7.27. The number of carbonyl (C=O) groups excluding carboxylic acids is 1. The average molecular weight is 319 g/mol. The fourth-order valence-electron chi connectivity index (χ4n) is 2.78. The minimum absolute atomic E-state index is 0.220. The molecule has 1 unspecified atom stereocenters. The van der Waals surface area contributed by atoms with Crippen molar-refractivity contribution < 1.29 is 23.1 Å². The maximum atomic E-state index is 11.5. The molecule has 1 saturated heterocycles. The molecule has 6 nitrogen and oxygen atoms in total. The summed E-state index contributed by atoms with van der Waals surface area (Å²) in [7, 11) is 1.34. The quantitative estimate of drug-likeness (QED) is 0.731. The molecular weight excluding hydrogens is 298 g/mol. The van der Waals surface area contributed by atoms with Crippen LogP contribution in [0.4, 0.5) is 0 Å². The third-order valence-electron chi connectivity index (χ3n) is 3.87. The molecule has 0 aromatic carbocycles. The highest BCUT2D eigenvalue weighted by molar-refractivity contribution is 5.86. The number of furan rings is 2. The van der Waals surface area contributed by atoms with Gasteiger partial charge < -0.3 is 18.3 Å². The standard InChI is InChI=1S/C17H21NO5/c1-20-17(19)16-7-6-15(23-16)12-18(10-13-4-2-8-21-13)11-14-5-3-9-22-14/h2,4,6-8,14H,3,5,9-12H2,1H3. The first-order valence-corrected chi connectivity index (χ1v) is 7.78. The van der Waals surface area contributed by atoms with Gasteiger partial charge in [-0.2, -0.15) is 0 Å². The number of rotatable bonds is 7. The molecule has 1 fully saturated rings. The molecule has 6 heteroatoms. The molecule has 124 valence electrons. The Bertz CT molecular complexity index is 613. The molecule has 1 atom stereocenters. The second kappa shape index (κ2) is 7.48. The lowest BCUT2D eigenvalue weighted by atomic mass is 10.2. The zero-order chi connectivity index (χ0) is 16.1. The summed E-state index contributed by atoms with van der Waals surface area (Å²) in [6.45, 7) is 2.88. The van der Waals surface area contributed by atoms with E-state index in [0.29, 0.717) is 13.1 Å². The summed E-state index contributed by atoms with van der Waals surface area (Å²) < 4.78 is 21.4. The van der Waals surface area contributed by atoms with Crippen LogP contribution in [0.15, 0.2) is 39.4 Å². The van der Waals surface area contributed by atoms with Gasteiger partial charge in [-0.3, -0.25) is 4.90 Å². The molecule has 0 radical (unpaired) electrons. The van der Waals surface area contributed by atoms with Gasteiger partial charge in [-0.05, 0) is 37.1 Å². The van der Waals surface area contributed by atoms with Gasteiger partial charge in [-0.15, -0.1) is 0 Å². The first-order valence-electron chi connectivity index (χ1n) is 7.78. The van der Waals surface area contributed by atoms with Crippen LogP contribution in [-0.4, -0.2) is 37.2 Å². The fraction of sp³-hybridized carbons (Fsp3) is 0.471. The number of nitrogens with zero attached hydrogens (tertiary/aromatic N) is 1. The zero-order valence-corrected chi connectivity index (χ0v) is 13.2. The first-order chi connectivity index (χ1) is 11.2. The monoisotopic (exact) mass is 319 g/mol. The third-order valence-corrected chi connectivity index (χ3v) is 3.87. The lowest BCUT2D eigenvalue weighted by Gasteiger charge is -2.23. The molecule has 0 aliphatic carbocycles. The minimum Gasteiger partial charge on any atom is -0.468 e. The van der Waals surface area contributed by atoms with E-state index in [1.54, 1.807) is 18.4 Å². The van der Waals surface area contributed by atoms with Gasteiger partial charge in [0, 0.05) is 13.2 Å². The Labute approximate surface area is 135 Å². The molecule has 0 saturated carbocycles. The summed E-state index contributed by atoms with van der Waals surface area (Å²) in [4.78, 5) is 13.7. The Balaban J connectivity index is 1.66.